The van der Waals surface area contributed by atoms with Crippen LogP contribution in [0.1, 0.15) is 30.4 Å². The summed E-state index contributed by atoms with van der Waals surface area (Å²) in [5.74, 6) is 0.458. The van der Waals surface area contributed by atoms with Crippen LogP contribution in [0, 0.1) is 0 Å². The smallest absolute Gasteiger partial charge is 0.0888 e. The molecular formula is C13H17Cl2NO. The first-order chi connectivity index (χ1) is 7.77. The molecule has 94 valence electrons. The summed E-state index contributed by atoms with van der Waals surface area (Å²) in [7, 11) is 0. The number of nitrogens with one attached hydrogen (secondary N) is 1. The van der Waals surface area contributed by atoms with Crippen molar-refractivity contribution in [2.24, 2.45) is 0 Å². The van der Waals surface area contributed by atoms with Crippen molar-refractivity contribution < 1.29 is 4.74 Å². The molecule has 4 heteroatoms. The minimum atomic E-state index is -0.00230. The van der Waals surface area contributed by atoms with E-state index in [0.29, 0.717) is 12.5 Å². The number of rotatable bonds is 1. The Morgan fingerprint density at radius 3 is 3.12 bits per heavy atom. The summed E-state index contributed by atoms with van der Waals surface area (Å²) in [6.07, 6.45) is 1.05. The van der Waals surface area contributed by atoms with Crippen molar-refractivity contribution in [2.75, 3.05) is 13.1 Å². The number of halogens is 2. The van der Waals surface area contributed by atoms with Crippen LogP contribution in [-0.2, 0) is 11.3 Å². The molecule has 0 aromatic heterocycles. The highest BCUT2D eigenvalue weighted by Gasteiger charge is 2.46. The molecule has 17 heavy (non-hydrogen) atoms. The maximum Gasteiger partial charge on any atom is 0.0888 e. The Bertz CT molecular complexity index is 424. The predicted octanol–water partition coefficient (Wildman–Crippen LogP) is 3.13. The van der Waals surface area contributed by atoms with Crippen LogP contribution >= 0.6 is 24.0 Å². The van der Waals surface area contributed by atoms with Crippen LogP contribution in [0.15, 0.2) is 18.2 Å². The number of hydrogen-bond acceptors (Lipinski definition) is 2. The van der Waals surface area contributed by atoms with Crippen molar-refractivity contribution in [3.05, 3.63) is 34.3 Å². The quantitative estimate of drug-likeness (QED) is 0.849. The molecule has 2 heterocycles. The highest BCUT2D eigenvalue weighted by molar-refractivity contribution is 6.31. The fraction of sp³-hybridized carbons (Fsp3) is 0.538. The molecule has 2 atom stereocenters. The van der Waals surface area contributed by atoms with E-state index in [1.54, 1.807) is 0 Å². The van der Waals surface area contributed by atoms with E-state index in [1.807, 2.05) is 12.1 Å². The topological polar surface area (TPSA) is 21.3 Å². The van der Waals surface area contributed by atoms with Gasteiger partial charge >= 0.3 is 0 Å². The zero-order valence-corrected chi connectivity index (χ0v) is 11.4. The highest BCUT2D eigenvalue weighted by atomic mass is 35.5. The Balaban J connectivity index is 0.00000108. The Kier molecular flexibility index (Phi) is 3.69. The minimum absolute atomic E-state index is 0. The van der Waals surface area contributed by atoms with Gasteiger partial charge in [-0.05, 0) is 23.6 Å². The SMILES string of the molecule is CC[C@]12CNC[C@@H]1c1cccc(Cl)c1CO2.Cl. The van der Waals surface area contributed by atoms with Gasteiger partial charge in [-0.1, -0.05) is 30.7 Å². The number of fused-ring (bicyclic) bond motifs is 3. The molecule has 0 spiro atoms. The van der Waals surface area contributed by atoms with Gasteiger partial charge in [-0.2, -0.15) is 0 Å². The largest absolute Gasteiger partial charge is 0.368 e. The molecule has 1 N–H and O–H groups in total. The average Bonchev–Trinajstić information content (AvgIpc) is 2.74. The van der Waals surface area contributed by atoms with Crippen LogP contribution < -0.4 is 5.32 Å². The van der Waals surface area contributed by atoms with E-state index in [4.69, 9.17) is 16.3 Å². The molecule has 0 unspecified atom stereocenters. The summed E-state index contributed by atoms with van der Waals surface area (Å²) >= 11 is 6.22. The first kappa shape index (κ1) is 13.2. The van der Waals surface area contributed by atoms with Gasteiger partial charge in [-0.25, -0.2) is 0 Å². The zero-order chi connectivity index (χ0) is 11.2. The van der Waals surface area contributed by atoms with Gasteiger partial charge in [0, 0.05) is 24.0 Å². The van der Waals surface area contributed by atoms with Crippen molar-refractivity contribution >= 4 is 24.0 Å². The molecule has 0 amide bonds. The number of hydrogen-bond donors (Lipinski definition) is 1. The molecule has 1 saturated heterocycles. The molecule has 1 aromatic rings. The van der Waals surface area contributed by atoms with Gasteiger partial charge in [-0.3, -0.25) is 0 Å². The number of benzene rings is 1. The van der Waals surface area contributed by atoms with E-state index in [9.17, 15) is 0 Å². The van der Waals surface area contributed by atoms with Crippen molar-refractivity contribution in [3.8, 4) is 0 Å². The lowest BCUT2D eigenvalue weighted by Crippen LogP contribution is -2.42. The van der Waals surface area contributed by atoms with Gasteiger partial charge in [-0.15, -0.1) is 12.4 Å². The normalized spacial score (nSPS) is 30.4. The molecule has 1 fully saturated rings. The zero-order valence-electron chi connectivity index (χ0n) is 9.83. The summed E-state index contributed by atoms with van der Waals surface area (Å²) in [5.41, 5.74) is 2.56. The minimum Gasteiger partial charge on any atom is -0.368 e. The molecule has 0 aliphatic carbocycles. The van der Waals surface area contributed by atoms with Gasteiger partial charge in [0.15, 0.2) is 0 Å². The van der Waals surface area contributed by atoms with Gasteiger partial charge in [0.2, 0.25) is 0 Å². The Labute approximate surface area is 113 Å². The molecule has 3 rings (SSSR count). The van der Waals surface area contributed by atoms with Crippen LogP contribution in [0.2, 0.25) is 5.02 Å². The van der Waals surface area contributed by atoms with Crippen LogP contribution in [-0.4, -0.2) is 18.7 Å². The predicted molar refractivity (Wildman–Crippen MR) is 72.1 cm³/mol. The molecule has 0 bridgehead atoms. The standard InChI is InChI=1S/C13H16ClNO.ClH/c1-2-13-8-15-6-11(13)9-4-3-5-12(14)10(9)7-16-13;/h3-5,11,15H,2,6-8H2,1H3;1H/t11-,13+;/m1./s1. The van der Waals surface area contributed by atoms with Gasteiger partial charge in [0.1, 0.15) is 0 Å². The van der Waals surface area contributed by atoms with Crippen LogP contribution in [0.5, 0.6) is 0 Å². The summed E-state index contributed by atoms with van der Waals surface area (Å²) in [6.45, 7) is 4.82. The summed E-state index contributed by atoms with van der Waals surface area (Å²) in [6, 6.07) is 6.20. The second-order valence-electron chi connectivity index (χ2n) is 4.70. The van der Waals surface area contributed by atoms with Crippen molar-refractivity contribution in [2.45, 2.75) is 31.5 Å². The second-order valence-corrected chi connectivity index (χ2v) is 5.11. The maximum absolute atomic E-state index is 6.22. The first-order valence-electron chi connectivity index (χ1n) is 5.89. The molecule has 0 radical (unpaired) electrons. The highest BCUT2D eigenvalue weighted by Crippen LogP contribution is 2.44. The van der Waals surface area contributed by atoms with Crippen LogP contribution in [0.25, 0.3) is 0 Å². The number of ether oxygens (including phenoxy) is 1. The van der Waals surface area contributed by atoms with Gasteiger partial charge in [0.25, 0.3) is 0 Å². The van der Waals surface area contributed by atoms with Crippen molar-refractivity contribution in [1.82, 2.24) is 5.32 Å². The lowest BCUT2D eigenvalue weighted by molar-refractivity contribution is -0.0678. The molecule has 1 aromatic carbocycles. The monoisotopic (exact) mass is 273 g/mol. The van der Waals surface area contributed by atoms with E-state index in [2.05, 4.69) is 18.3 Å². The Morgan fingerprint density at radius 1 is 1.53 bits per heavy atom. The van der Waals surface area contributed by atoms with Crippen molar-refractivity contribution in [1.29, 1.82) is 0 Å². The summed E-state index contributed by atoms with van der Waals surface area (Å²) in [4.78, 5) is 0. The van der Waals surface area contributed by atoms with E-state index in [-0.39, 0.29) is 18.0 Å². The fourth-order valence-electron chi connectivity index (χ4n) is 3.03. The third kappa shape index (κ3) is 1.88. The third-order valence-corrected chi connectivity index (χ3v) is 4.39. The fourth-order valence-corrected chi connectivity index (χ4v) is 3.26. The second kappa shape index (κ2) is 4.77. The van der Waals surface area contributed by atoms with E-state index in [0.717, 1.165) is 24.5 Å². The van der Waals surface area contributed by atoms with Gasteiger partial charge in [0.05, 0.1) is 12.2 Å². The van der Waals surface area contributed by atoms with E-state index >= 15 is 0 Å². The molecule has 0 saturated carbocycles. The lowest BCUT2D eigenvalue weighted by Gasteiger charge is -2.39. The molecule has 2 aliphatic heterocycles. The molecule has 2 nitrogen and oxygen atoms in total. The summed E-state index contributed by atoms with van der Waals surface area (Å²) in [5, 5.41) is 4.29. The van der Waals surface area contributed by atoms with Crippen LogP contribution in [0.4, 0.5) is 0 Å². The summed E-state index contributed by atoms with van der Waals surface area (Å²) < 4.78 is 6.10. The third-order valence-electron chi connectivity index (χ3n) is 4.04. The molecule has 2 aliphatic rings. The van der Waals surface area contributed by atoms with Gasteiger partial charge < -0.3 is 10.1 Å². The van der Waals surface area contributed by atoms with E-state index < -0.39 is 0 Å². The average molecular weight is 274 g/mol. The lowest BCUT2D eigenvalue weighted by atomic mass is 9.79. The van der Waals surface area contributed by atoms with Crippen molar-refractivity contribution in [3.63, 3.8) is 0 Å². The maximum atomic E-state index is 6.22. The first-order valence-corrected chi connectivity index (χ1v) is 6.26. The van der Waals surface area contributed by atoms with Crippen LogP contribution in [0.3, 0.4) is 0 Å². The Morgan fingerprint density at radius 2 is 2.35 bits per heavy atom. The van der Waals surface area contributed by atoms with E-state index in [1.165, 1.54) is 11.1 Å². The Hall–Kier alpha value is -0.280. The molecular weight excluding hydrogens is 257 g/mol.